The van der Waals surface area contributed by atoms with E-state index in [1.165, 1.54) is 0 Å². The lowest BCUT2D eigenvalue weighted by atomic mass is 10.2. The van der Waals surface area contributed by atoms with E-state index < -0.39 is 0 Å². The van der Waals surface area contributed by atoms with Gasteiger partial charge < -0.3 is 10.0 Å². The van der Waals surface area contributed by atoms with Crippen molar-refractivity contribution in [3.8, 4) is 0 Å². The summed E-state index contributed by atoms with van der Waals surface area (Å²) in [7, 11) is 0. The Bertz CT molecular complexity index is 622. The molecule has 1 saturated heterocycles. The Morgan fingerprint density at radius 2 is 1.95 bits per heavy atom. The Balaban J connectivity index is 1.89. The fraction of sp³-hybridized carbons (Fsp3) is 0.467. The maximum Gasteiger partial charge on any atom is 0.224 e. The number of hydrogen-bond donors (Lipinski definition) is 1. The highest BCUT2D eigenvalue weighted by Gasteiger charge is 2.18. The van der Waals surface area contributed by atoms with Crippen LogP contribution in [0.15, 0.2) is 24.3 Å². The first-order chi connectivity index (χ1) is 10.3. The third kappa shape index (κ3) is 3.26. The van der Waals surface area contributed by atoms with Crippen molar-refractivity contribution in [1.29, 1.82) is 0 Å². The average Bonchev–Trinajstić information content (AvgIpc) is 2.72. The van der Waals surface area contributed by atoms with Gasteiger partial charge in [0.05, 0.1) is 12.1 Å². The van der Waals surface area contributed by atoms with Crippen molar-refractivity contribution in [1.82, 2.24) is 14.9 Å². The molecule has 1 fully saturated rings. The molecule has 112 valence electrons. The second kappa shape index (κ2) is 6.56. The lowest BCUT2D eigenvalue weighted by Gasteiger charge is -2.23. The molecule has 1 aliphatic rings. The molecule has 1 aromatic heterocycles. The molecule has 3 rings (SSSR count). The molecule has 0 atom stereocenters. The number of aromatic nitrogens is 2. The summed E-state index contributed by atoms with van der Waals surface area (Å²) in [6.07, 6.45) is 1.05. The van der Waals surface area contributed by atoms with Crippen molar-refractivity contribution in [3.63, 3.8) is 0 Å². The van der Waals surface area contributed by atoms with E-state index in [1.54, 1.807) is 0 Å². The molecule has 0 spiro atoms. The fourth-order valence-corrected chi connectivity index (χ4v) is 2.99. The molecular formula is C15H19ClN4O. The van der Waals surface area contributed by atoms with Gasteiger partial charge in [0.25, 0.3) is 0 Å². The summed E-state index contributed by atoms with van der Waals surface area (Å²) in [4.78, 5) is 13.3. The summed E-state index contributed by atoms with van der Waals surface area (Å²) in [5.41, 5.74) is 0.879. The topological polar surface area (TPSA) is 52.5 Å². The first kappa shape index (κ1) is 14.5. The zero-order valence-corrected chi connectivity index (χ0v) is 12.6. The number of benzene rings is 1. The Hall–Kier alpha value is -1.43. The van der Waals surface area contributed by atoms with E-state index >= 15 is 0 Å². The van der Waals surface area contributed by atoms with Crippen molar-refractivity contribution < 1.29 is 5.11 Å². The van der Waals surface area contributed by atoms with E-state index in [0.717, 1.165) is 55.9 Å². The van der Waals surface area contributed by atoms with Gasteiger partial charge >= 0.3 is 0 Å². The number of halogens is 1. The van der Waals surface area contributed by atoms with E-state index in [9.17, 15) is 0 Å². The van der Waals surface area contributed by atoms with Gasteiger partial charge in [-0.25, -0.2) is 4.98 Å². The first-order valence-electron chi connectivity index (χ1n) is 7.28. The van der Waals surface area contributed by atoms with Gasteiger partial charge in [-0.15, -0.1) is 0 Å². The van der Waals surface area contributed by atoms with Crippen LogP contribution < -0.4 is 4.90 Å². The van der Waals surface area contributed by atoms with Crippen molar-refractivity contribution in [2.75, 3.05) is 44.2 Å². The van der Waals surface area contributed by atoms with Gasteiger partial charge in [0, 0.05) is 31.6 Å². The highest BCUT2D eigenvalue weighted by atomic mass is 35.5. The van der Waals surface area contributed by atoms with Crippen LogP contribution in [0.3, 0.4) is 0 Å². The lowest BCUT2D eigenvalue weighted by molar-refractivity contribution is 0.204. The van der Waals surface area contributed by atoms with Crippen LogP contribution in [0.5, 0.6) is 0 Å². The third-order valence-corrected chi connectivity index (χ3v) is 4.03. The summed E-state index contributed by atoms with van der Waals surface area (Å²) in [6, 6.07) is 7.96. The fourth-order valence-electron chi connectivity index (χ4n) is 2.82. The Labute approximate surface area is 129 Å². The van der Waals surface area contributed by atoms with Crippen LogP contribution in [0.4, 0.5) is 5.82 Å². The number of para-hydroxylation sites is 1. The van der Waals surface area contributed by atoms with Crippen molar-refractivity contribution in [2.24, 2.45) is 0 Å². The van der Waals surface area contributed by atoms with Gasteiger partial charge in [-0.3, -0.25) is 4.90 Å². The molecule has 0 aliphatic carbocycles. The van der Waals surface area contributed by atoms with E-state index in [1.807, 2.05) is 24.3 Å². The molecule has 0 amide bonds. The summed E-state index contributed by atoms with van der Waals surface area (Å²) >= 11 is 6.07. The minimum absolute atomic E-state index is 0.211. The largest absolute Gasteiger partial charge is 0.395 e. The molecule has 0 saturated carbocycles. The molecule has 2 aromatic rings. The predicted molar refractivity (Wildman–Crippen MR) is 84.9 cm³/mol. The Kier molecular flexibility index (Phi) is 4.53. The minimum Gasteiger partial charge on any atom is -0.395 e. The van der Waals surface area contributed by atoms with Crippen molar-refractivity contribution in [2.45, 2.75) is 6.42 Å². The van der Waals surface area contributed by atoms with Crippen LogP contribution in [0.1, 0.15) is 6.42 Å². The highest BCUT2D eigenvalue weighted by molar-refractivity contribution is 6.28. The highest BCUT2D eigenvalue weighted by Crippen LogP contribution is 2.26. The first-order valence-corrected chi connectivity index (χ1v) is 7.66. The van der Waals surface area contributed by atoms with Gasteiger partial charge in [0.15, 0.2) is 0 Å². The number of aliphatic hydroxyl groups is 1. The summed E-state index contributed by atoms with van der Waals surface area (Å²) in [5, 5.41) is 10.4. The number of nitrogens with zero attached hydrogens (tertiary/aromatic N) is 4. The zero-order chi connectivity index (χ0) is 14.7. The van der Waals surface area contributed by atoms with Crippen LogP contribution in [0, 0.1) is 0 Å². The van der Waals surface area contributed by atoms with Crippen LogP contribution in [-0.4, -0.2) is 59.3 Å². The zero-order valence-electron chi connectivity index (χ0n) is 11.9. The average molecular weight is 307 g/mol. The number of fused-ring (bicyclic) bond motifs is 1. The van der Waals surface area contributed by atoms with Gasteiger partial charge in [-0.05, 0) is 36.7 Å². The second-order valence-electron chi connectivity index (χ2n) is 5.24. The van der Waals surface area contributed by atoms with E-state index in [2.05, 4.69) is 19.8 Å². The van der Waals surface area contributed by atoms with E-state index in [-0.39, 0.29) is 6.61 Å². The molecule has 5 nitrogen and oxygen atoms in total. The normalized spacial score (nSPS) is 17.1. The number of rotatable bonds is 3. The minimum atomic E-state index is 0.211. The Morgan fingerprint density at radius 1 is 1.10 bits per heavy atom. The molecule has 0 bridgehead atoms. The second-order valence-corrected chi connectivity index (χ2v) is 5.58. The molecular weight excluding hydrogens is 288 g/mol. The molecule has 6 heteroatoms. The smallest absolute Gasteiger partial charge is 0.224 e. The maximum absolute atomic E-state index is 9.08. The summed E-state index contributed by atoms with van der Waals surface area (Å²) in [6.45, 7) is 4.71. The summed E-state index contributed by atoms with van der Waals surface area (Å²) < 4.78 is 0. The standard InChI is InChI=1S/C15H19ClN4O/c16-15-17-13-5-2-1-4-12(13)14(18-15)20-7-3-6-19(8-9-20)10-11-21/h1-2,4-5,21H,3,6-11H2. The number of hydrogen-bond acceptors (Lipinski definition) is 5. The number of β-amino-alcohol motifs (C(OH)–C–C–N with tert-alkyl or cyclic N) is 1. The lowest BCUT2D eigenvalue weighted by Crippen LogP contribution is -2.32. The van der Waals surface area contributed by atoms with Crippen LogP contribution in [0.25, 0.3) is 10.9 Å². The molecule has 0 radical (unpaired) electrons. The monoisotopic (exact) mass is 306 g/mol. The van der Waals surface area contributed by atoms with Gasteiger partial charge in [0.1, 0.15) is 5.82 Å². The van der Waals surface area contributed by atoms with E-state index in [4.69, 9.17) is 16.7 Å². The summed E-state index contributed by atoms with van der Waals surface area (Å²) in [5.74, 6) is 0.913. The SMILES string of the molecule is OCCN1CCCN(c2nc(Cl)nc3ccccc23)CC1. The van der Waals surface area contributed by atoms with Gasteiger partial charge in [0.2, 0.25) is 5.28 Å². The molecule has 0 unspecified atom stereocenters. The van der Waals surface area contributed by atoms with Gasteiger partial charge in [-0.2, -0.15) is 4.98 Å². The number of anilines is 1. The van der Waals surface area contributed by atoms with E-state index in [0.29, 0.717) is 5.28 Å². The third-order valence-electron chi connectivity index (χ3n) is 3.86. The van der Waals surface area contributed by atoms with Crippen molar-refractivity contribution >= 4 is 28.3 Å². The van der Waals surface area contributed by atoms with Gasteiger partial charge in [-0.1, -0.05) is 12.1 Å². The van der Waals surface area contributed by atoms with Crippen LogP contribution >= 0.6 is 11.6 Å². The molecule has 1 aliphatic heterocycles. The van der Waals surface area contributed by atoms with Crippen LogP contribution in [0.2, 0.25) is 5.28 Å². The van der Waals surface area contributed by atoms with Crippen molar-refractivity contribution in [3.05, 3.63) is 29.5 Å². The molecule has 2 heterocycles. The maximum atomic E-state index is 9.08. The molecule has 1 aromatic carbocycles. The quantitative estimate of drug-likeness (QED) is 0.876. The number of aliphatic hydroxyl groups excluding tert-OH is 1. The molecule has 21 heavy (non-hydrogen) atoms. The predicted octanol–water partition coefficient (Wildman–Crippen LogP) is 1.79. The van der Waals surface area contributed by atoms with Crippen LogP contribution in [-0.2, 0) is 0 Å². The molecule has 1 N–H and O–H groups in total. The Morgan fingerprint density at radius 3 is 2.81 bits per heavy atom.